The molecular weight excluding hydrogens is 666 g/mol. The average molecular weight is 718 g/mol. The van der Waals surface area contributed by atoms with Gasteiger partial charge < -0.3 is 20.2 Å². The summed E-state index contributed by atoms with van der Waals surface area (Å²) in [6.45, 7) is 6.74. The van der Waals surface area contributed by atoms with Crippen molar-refractivity contribution in [3.8, 4) is 11.1 Å². The standard InChI is InChI=1S/C46H52ClNO4/c1-41-19-16-34(49)28-43(41)22-23-46(37(29-43)40(50)36-11-7-6-10-35(36)31-8-4-3-5-9-31)38(41)17-20-42(2)39(46)18-21-45(42,52)30-48-26-24-44(51,25-27-48)32-12-14-33(47)15-13-32/h3-15,22-23,29,34,38-39,49,51-52H,16-21,24-28,30H2,1-2H3/t34?,38-,39-,41-,42+,43+,45-,46-/m1/s1. The molecule has 5 nitrogen and oxygen atoms in total. The lowest BCUT2D eigenvalue weighted by molar-refractivity contribution is -0.178. The molecule has 3 N–H and O–H groups in total. The Hall–Kier alpha value is -3.06. The van der Waals surface area contributed by atoms with E-state index in [0.717, 1.165) is 59.9 Å². The first-order valence-corrected chi connectivity index (χ1v) is 20.0. The van der Waals surface area contributed by atoms with E-state index in [0.29, 0.717) is 50.3 Å². The zero-order chi connectivity index (χ0) is 36.1. The maximum atomic E-state index is 15.4. The van der Waals surface area contributed by atoms with Crippen LogP contribution in [0.1, 0.15) is 87.6 Å². The SMILES string of the molecule is C[C@]12CC[C@H]3[C@]4(C=C[C@@]5(C=C4C(=O)c4ccccc4-c4ccccc4)CC(O)CC[C@]35C)[C@@H]1CC[C@@]2(O)CN1CCC(O)(c2ccc(Cl)cc2)CC1. The Labute approximate surface area is 313 Å². The summed E-state index contributed by atoms with van der Waals surface area (Å²) in [5, 5.41) is 36.4. The second-order valence-corrected chi connectivity index (χ2v) is 18.3. The van der Waals surface area contributed by atoms with Crippen LogP contribution in [0.25, 0.3) is 11.1 Å². The number of likely N-dealkylation sites (tertiary alicyclic amines) is 1. The number of aliphatic hydroxyl groups is 3. The molecule has 2 spiro atoms. The third-order valence-electron chi connectivity index (χ3n) is 15.8. The molecule has 7 aliphatic rings. The summed E-state index contributed by atoms with van der Waals surface area (Å²) < 4.78 is 0. The fraction of sp³-hybridized carbons (Fsp3) is 0.500. The number of hydrogen-bond acceptors (Lipinski definition) is 5. The lowest BCUT2D eigenvalue weighted by Gasteiger charge is -2.71. The molecular formula is C46H52ClNO4. The van der Waals surface area contributed by atoms with Crippen LogP contribution in [-0.2, 0) is 5.60 Å². The highest BCUT2D eigenvalue weighted by atomic mass is 35.5. The summed E-state index contributed by atoms with van der Waals surface area (Å²) in [6, 6.07) is 25.8. The van der Waals surface area contributed by atoms with Crippen LogP contribution in [0.2, 0.25) is 5.02 Å². The van der Waals surface area contributed by atoms with E-state index in [2.05, 4.69) is 55.2 Å². The molecule has 272 valence electrons. The van der Waals surface area contributed by atoms with Crippen LogP contribution in [0.15, 0.2) is 103 Å². The second kappa shape index (κ2) is 12.0. The number of rotatable bonds is 6. The first-order valence-electron chi connectivity index (χ1n) is 19.6. The van der Waals surface area contributed by atoms with E-state index in [1.54, 1.807) is 0 Å². The largest absolute Gasteiger partial charge is 0.393 e. The normalized spacial score (nSPS) is 39.0. The molecule has 10 rings (SSSR count). The van der Waals surface area contributed by atoms with Crippen molar-refractivity contribution in [3.05, 3.63) is 119 Å². The summed E-state index contributed by atoms with van der Waals surface area (Å²) >= 11 is 6.15. The summed E-state index contributed by atoms with van der Waals surface area (Å²) in [5.74, 6) is 0.430. The van der Waals surface area contributed by atoms with Crippen molar-refractivity contribution in [2.45, 2.75) is 88.9 Å². The minimum Gasteiger partial charge on any atom is -0.393 e. The fourth-order valence-corrected chi connectivity index (χ4v) is 12.9. The highest BCUT2D eigenvalue weighted by molar-refractivity contribution is 6.30. The van der Waals surface area contributed by atoms with Gasteiger partial charge in [0.05, 0.1) is 17.3 Å². The van der Waals surface area contributed by atoms with Crippen LogP contribution in [-0.4, -0.2) is 57.3 Å². The highest BCUT2D eigenvalue weighted by Crippen LogP contribution is 2.78. The molecule has 0 radical (unpaired) electrons. The number of piperidine rings is 1. The van der Waals surface area contributed by atoms with Crippen molar-refractivity contribution in [2.75, 3.05) is 19.6 Å². The Morgan fingerprint density at radius 3 is 2.19 bits per heavy atom. The number of hydrogen-bond donors (Lipinski definition) is 3. The number of carbonyl (C=O) groups is 1. The van der Waals surface area contributed by atoms with E-state index in [-0.39, 0.29) is 34.6 Å². The number of benzene rings is 3. The number of halogens is 1. The number of aliphatic hydroxyl groups excluding tert-OH is 1. The number of allylic oxidation sites excluding steroid dienone is 4. The first-order chi connectivity index (χ1) is 24.9. The molecule has 0 amide bonds. The van der Waals surface area contributed by atoms with E-state index < -0.39 is 22.0 Å². The number of β-amino-alcohol motifs (C(OH)–C–C–N with tert-alkyl or cyclic N) is 1. The van der Waals surface area contributed by atoms with Crippen molar-refractivity contribution in [2.24, 2.45) is 33.5 Å². The number of Topliss-reactive ketones (excluding diaryl/α,β-unsaturated/α-hetero) is 1. The monoisotopic (exact) mass is 717 g/mol. The fourth-order valence-electron chi connectivity index (χ4n) is 12.8. The highest BCUT2D eigenvalue weighted by Gasteiger charge is 2.74. The summed E-state index contributed by atoms with van der Waals surface area (Å²) in [6.07, 6.45) is 13.7. The topological polar surface area (TPSA) is 81.0 Å². The molecule has 8 atom stereocenters. The molecule has 52 heavy (non-hydrogen) atoms. The maximum absolute atomic E-state index is 15.4. The predicted octanol–water partition coefficient (Wildman–Crippen LogP) is 8.76. The summed E-state index contributed by atoms with van der Waals surface area (Å²) in [7, 11) is 0. The molecule has 6 aliphatic carbocycles. The Morgan fingerprint density at radius 1 is 0.788 bits per heavy atom. The minimum absolute atomic E-state index is 0.0786. The van der Waals surface area contributed by atoms with Crippen LogP contribution >= 0.6 is 11.6 Å². The number of fused-ring (bicyclic) bond motifs is 1. The third kappa shape index (κ3) is 4.78. The van der Waals surface area contributed by atoms with Crippen molar-refractivity contribution in [3.63, 3.8) is 0 Å². The van der Waals surface area contributed by atoms with Gasteiger partial charge in [0.25, 0.3) is 0 Å². The van der Waals surface area contributed by atoms with Gasteiger partial charge in [0.2, 0.25) is 0 Å². The van der Waals surface area contributed by atoms with Gasteiger partial charge in [-0.2, -0.15) is 0 Å². The molecule has 1 unspecified atom stereocenters. The lowest BCUT2D eigenvalue weighted by Crippen LogP contribution is -2.67. The Morgan fingerprint density at radius 2 is 1.44 bits per heavy atom. The quantitative estimate of drug-likeness (QED) is 0.176. The molecule has 1 saturated heterocycles. The summed E-state index contributed by atoms with van der Waals surface area (Å²) in [4.78, 5) is 17.8. The van der Waals surface area contributed by atoms with Crippen LogP contribution in [0.4, 0.5) is 0 Å². The molecule has 3 aromatic rings. The second-order valence-electron chi connectivity index (χ2n) is 17.9. The maximum Gasteiger partial charge on any atom is 0.190 e. The van der Waals surface area contributed by atoms with Gasteiger partial charge in [0.15, 0.2) is 5.78 Å². The minimum atomic E-state index is -0.924. The van der Waals surface area contributed by atoms with Gasteiger partial charge in [-0.15, -0.1) is 0 Å². The van der Waals surface area contributed by atoms with Gasteiger partial charge in [-0.1, -0.05) is 110 Å². The Bertz CT molecular complexity index is 1950. The van der Waals surface area contributed by atoms with Gasteiger partial charge in [-0.05, 0) is 104 Å². The predicted molar refractivity (Wildman–Crippen MR) is 206 cm³/mol. The van der Waals surface area contributed by atoms with Crippen molar-refractivity contribution in [1.82, 2.24) is 4.90 Å². The smallest absolute Gasteiger partial charge is 0.190 e. The van der Waals surface area contributed by atoms with Crippen molar-refractivity contribution < 1.29 is 20.1 Å². The van der Waals surface area contributed by atoms with Crippen LogP contribution in [0, 0.1) is 33.5 Å². The molecule has 1 aliphatic heterocycles. The van der Waals surface area contributed by atoms with E-state index in [1.165, 1.54) is 0 Å². The van der Waals surface area contributed by atoms with Crippen LogP contribution in [0.3, 0.4) is 0 Å². The summed E-state index contributed by atoms with van der Waals surface area (Å²) in [5.41, 5.74) is 1.31. The molecule has 2 bridgehead atoms. The van der Waals surface area contributed by atoms with Crippen LogP contribution in [0.5, 0.6) is 0 Å². The molecule has 1 heterocycles. The van der Waals surface area contributed by atoms with E-state index in [4.69, 9.17) is 11.6 Å². The number of carbonyl (C=O) groups excluding carboxylic acids is 1. The van der Waals surface area contributed by atoms with Gasteiger partial charge in [0, 0.05) is 52.0 Å². The number of nitrogens with zero attached hydrogens (tertiary/aromatic N) is 1. The number of ketones is 1. The molecule has 3 saturated carbocycles. The first kappa shape index (κ1) is 34.7. The Balaban J connectivity index is 1.08. The molecule has 3 aromatic carbocycles. The van der Waals surface area contributed by atoms with Gasteiger partial charge in [-0.3, -0.25) is 4.79 Å². The van der Waals surface area contributed by atoms with Gasteiger partial charge in [0.1, 0.15) is 0 Å². The molecule has 6 heteroatoms. The zero-order valence-corrected chi connectivity index (χ0v) is 31.3. The van der Waals surface area contributed by atoms with E-state index in [9.17, 15) is 15.3 Å². The van der Waals surface area contributed by atoms with Crippen molar-refractivity contribution in [1.29, 1.82) is 0 Å². The van der Waals surface area contributed by atoms with E-state index in [1.807, 2.05) is 60.7 Å². The molecule has 0 aromatic heterocycles. The average Bonchev–Trinajstić information content (AvgIpc) is 3.42. The zero-order valence-electron chi connectivity index (χ0n) is 30.5. The van der Waals surface area contributed by atoms with Crippen LogP contribution < -0.4 is 0 Å². The van der Waals surface area contributed by atoms with Gasteiger partial charge >= 0.3 is 0 Å². The molecule has 4 fully saturated rings. The van der Waals surface area contributed by atoms with E-state index >= 15 is 4.79 Å². The third-order valence-corrected chi connectivity index (χ3v) is 16.0. The lowest BCUT2D eigenvalue weighted by atomic mass is 9.32. The Kier molecular flexibility index (Phi) is 7.99. The van der Waals surface area contributed by atoms with Crippen molar-refractivity contribution >= 4 is 17.4 Å². The van der Waals surface area contributed by atoms with Gasteiger partial charge in [-0.25, -0.2) is 0 Å².